The van der Waals surface area contributed by atoms with Crippen molar-refractivity contribution >= 4 is 39.1 Å². The Balaban J connectivity index is 2.06. The summed E-state index contributed by atoms with van der Waals surface area (Å²) >= 11 is 6.17. The molecule has 3 aromatic carbocycles. The number of ether oxygens (including phenoxy) is 1. The summed E-state index contributed by atoms with van der Waals surface area (Å²) < 4.78 is 32.1. The summed E-state index contributed by atoms with van der Waals surface area (Å²) in [6.07, 6.45) is 1.28. The number of nitrogens with one attached hydrogen (secondary N) is 1. The molecule has 8 nitrogen and oxygen atoms in total. The van der Waals surface area contributed by atoms with Crippen LogP contribution in [0.25, 0.3) is 0 Å². The van der Waals surface area contributed by atoms with Crippen LogP contribution in [0.3, 0.4) is 0 Å². The van der Waals surface area contributed by atoms with Gasteiger partial charge in [-0.25, -0.2) is 8.42 Å². The molecule has 0 aliphatic rings. The highest BCUT2D eigenvalue weighted by atomic mass is 35.5. The molecule has 0 aliphatic carbocycles. The number of hydrogen-bond donors (Lipinski definition) is 1. The van der Waals surface area contributed by atoms with Gasteiger partial charge in [-0.15, -0.1) is 0 Å². The lowest BCUT2D eigenvalue weighted by Gasteiger charge is -2.33. The second kappa shape index (κ2) is 12.8. The Labute approximate surface area is 229 Å². The number of benzene rings is 3. The van der Waals surface area contributed by atoms with Gasteiger partial charge in [0.2, 0.25) is 21.8 Å². The van der Waals surface area contributed by atoms with E-state index in [1.165, 1.54) is 18.0 Å². The monoisotopic (exact) mass is 557 g/mol. The van der Waals surface area contributed by atoms with E-state index in [-0.39, 0.29) is 18.9 Å². The fourth-order valence-corrected chi connectivity index (χ4v) is 5.20. The predicted octanol–water partition coefficient (Wildman–Crippen LogP) is 3.81. The molecular formula is C28H32ClN3O5S. The van der Waals surface area contributed by atoms with Gasteiger partial charge in [0.05, 0.1) is 19.1 Å². The molecule has 0 fully saturated rings. The van der Waals surface area contributed by atoms with Crippen molar-refractivity contribution in [1.29, 1.82) is 0 Å². The third kappa shape index (κ3) is 7.49. The van der Waals surface area contributed by atoms with Gasteiger partial charge in [-0.1, -0.05) is 60.1 Å². The minimum Gasteiger partial charge on any atom is -0.497 e. The smallest absolute Gasteiger partial charge is 0.244 e. The number of nitrogens with zero attached hydrogens (tertiary/aromatic N) is 2. The standard InChI is InChI=1S/C28H32ClN3O5S/c1-20-13-14-23(29)17-25(20)32(38(4,35)36)19-27(33)31(18-22-11-8-12-24(15-22)37-3)26(28(34)30-2)16-21-9-6-5-7-10-21/h5-15,17,26H,16,18-19H2,1-4H3,(H,30,34)/t26-/m1/s1. The molecule has 0 aromatic heterocycles. The van der Waals surface area contributed by atoms with Gasteiger partial charge in [0, 0.05) is 25.0 Å². The van der Waals surface area contributed by atoms with Crippen LogP contribution in [0.4, 0.5) is 5.69 Å². The van der Waals surface area contributed by atoms with E-state index >= 15 is 0 Å². The first kappa shape index (κ1) is 29.0. The van der Waals surface area contributed by atoms with E-state index in [0.29, 0.717) is 22.0 Å². The Hall–Kier alpha value is -3.56. The van der Waals surface area contributed by atoms with Crippen molar-refractivity contribution in [2.75, 3.05) is 31.3 Å². The third-order valence-corrected chi connectivity index (χ3v) is 7.49. The second-order valence-electron chi connectivity index (χ2n) is 8.89. The summed E-state index contributed by atoms with van der Waals surface area (Å²) in [5.41, 5.74) is 2.52. The first-order chi connectivity index (χ1) is 18.0. The molecule has 10 heteroatoms. The SMILES string of the molecule is CNC(=O)[C@@H](Cc1ccccc1)N(Cc1cccc(OC)c1)C(=O)CN(c1cc(Cl)ccc1C)S(C)(=O)=O. The molecule has 3 rings (SSSR count). The van der Waals surface area contributed by atoms with Crippen molar-refractivity contribution in [2.24, 2.45) is 0 Å². The van der Waals surface area contributed by atoms with E-state index in [0.717, 1.165) is 21.7 Å². The van der Waals surface area contributed by atoms with Crippen LogP contribution < -0.4 is 14.4 Å². The highest BCUT2D eigenvalue weighted by Crippen LogP contribution is 2.27. The second-order valence-corrected chi connectivity index (χ2v) is 11.2. The van der Waals surface area contributed by atoms with Gasteiger partial charge in [0.1, 0.15) is 18.3 Å². The van der Waals surface area contributed by atoms with E-state index in [1.54, 1.807) is 44.4 Å². The summed E-state index contributed by atoms with van der Waals surface area (Å²) in [5, 5.41) is 2.99. The van der Waals surface area contributed by atoms with Crippen molar-refractivity contribution in [3.8, 4) is 5.75 Å². The van der Waals surface area contributed by atoms with Gasteiger partial charge in [0.25, 0.3) is 0 Å². The van der Waals surface area contributed by atoms with Crippen LogP contribution in [-0.4, -0.2) is 58.1 Å². The highest BCUT2D eigenvalue weighted by Gasteiger charge is 2.33. The molecule has 0 aliphatic heterocycles. The van der Waals surface area contributed by atoms with Gasteiger partial charge in [-0.05, 0) is 47.9 Å². The fourth-order valence-electron chi connectivity index (χ4n) is 4.13. The molecule has 0 saturated carbocycles. The Bertz CT molecular complexity index is 1380. The maximum absolute atomic E-state index is 14.0. The lowest BCUT2D eigenvalue weighted by molar-refractivity contribution is -0.139. The van der Waals surface area contributed by atoms with Crippen molar-refractivity contribution in [1.82, 2.24) is 10.2 Å². The molecular weight excluding hydrogens is 526 g/mol. The van der Waals surface area contributed by atoms with Crippen molar-refractivity contribution < 1.29 is 22.7 Å². The van der Waals surface area contributed by atoms with Gasteiger partial charge in [0.15, 0.2) is 0 Å². The molecule has 3 aromatic rings. The molecule has 0 spiro atoms. The number of methoxy groups -OCH3 is 1. The van der Waals surface area contributed by atoms with Crippen molar-refractivity contribution in [3.63, 3.8) is 0 Å². The maximum Gasteiger partial charge on any atom is 0.244 e. The number of anilines is 1. The summed E-state index contributed by atoms with van der Waals surface area (Å²) in [5.74, 6) is -0.307. The lowest BCUT2D eigenvalue weighted by Crippen LogP contribution is -2.53. The lowest BCUT2D eigenvalue weighted by atomic mass is 10.0. The van der Waals surface area contributed by atoms with Gasteiger partial charge >= 0.3 is 0 Å². The first-order valence-corrected chi connectivity index (χ1v) is 14.2. The molecule has 0 radical (unpaired) electrons. The third-order valence-electron chi connectivity index (χ3n) is 6.12. The average Bonchev–Trinajstić information content (AvgIpc) is 2.90. The van der Waals surface area contributed by atoms with E-state index in [2.05, 4.69) is 5.32 Å². The minimum atomic E-state index is -3.87. The van der Waals surface area contributed by atoms with Gasteiger partial charge < -0.3 is 15.0 Å². The number of carbonyl (C=O) groups excluding carboxylic acids is 2. The Morgan fingerprint density at radius 1 is 1.00 bits per heavy atom. The van der Waals surface area contributed by atoms with Crippen LogP contribution in [0.1, 0.15) is 16.7 Å². The predicted molar refractivity (Wildman–Crippen MR) is 150 cm³/mol. The molecule has 202 valence electrons. The Morgan fingerprint density at radius 3 is 2.32 bits per heavy atom. The minimum absolute atomic E-state index is 0.0626. The van der Waals surface area contributed by atoms with Crippen LogP contribution >= 0.6 is 11.6 Å². The number of halogens is 1. The zero-order valence-corrected chi connectivity index (χ0v) is 23.4. The van der Waals surface area contributed by atoms with Crippen LogP contribution in [-0.2, 0) is 32.6 Å². The molecule has 1 atom stereocenters. The maximum atomic E-state index is 14.0. The zero-order valence-electron chi connectivity index (χ0n) is 21.8. The first-order valence-electron chi connectivity index (χ1n) is 11.9. The van der Waals surface area contributed by atoms with E-state index in [4.69, 9.17) is 16.3 Å². The van der Waals surface area contributed by atoms with Crippen molar-refractivity contribution in [2.45, 2.75) is 25.9 Å². The van der Waals surface area contributed by atoms with E-state index < -0.39 is 28.5 Å². The van der Waals surface area contributed by atoms with Crippen LogP contribution in [0.5, 0.6) is 5.75 Å². The van der Waals surface area contributed by atoms with E-state index in [9.17, 15) is 18.0 Å². The molecule has 1 N–H and O–H groups in total. The van der Waals surface area contributed by atoms with Gasteiger partial charge in [-0.2, -0.15) is 0 Å². The van der Waals surface area contributed by atoms with Crippen LogP contribution in [0.2, 0.25) is 5.02 Å². The highest BCUT2D eigenvalue weighted by molar-refractivity contribution is 7.92. The number of aryl methyl sites for hydroxylation is 1. The molecule has 2 amide bonds. The Kier molecular flexibility index (Phi) is 9.77. The largest absolute Gasteiger partial charge is 0.497 e. The number of amides is 2. The summed E-state index contributed by atoms with van der Waals surface area (Å²) in [6, 6.07) is 20.5. The fraction of sp³-hybridized carbons (Fsp3) is 0.286. The topological polar surface area (TPSA) is 96.0 Å². The zero-order chi connectivity index (χ0) is 27.9. The quantitative estimate of drug-likeness (QED) is 0.387. The molecule has 0 bridgehead atoms. The molecule has 38 heavy (non-hydrogen) atoms. The number of rotatable bonds is 11. The summed E-state index contributed by atoms with van der Waals surface area (Å²) in [4.78, 5) is 28.5. The normalized spacial score (nSPS) is 11.9. The average molecular weight is 558 g/mol. The number of likely N-dealkylation sites (N-methyl/N-ethyl adjacent to an activating group) is 1. The molecule has 0 saturated heterocycles. The summed E-state index contributed by atoms with van der Waals surface area (Å²) in [6.45, 7) is 1.30. The van der Waals surface area contributed by atoms with E-state index in [1.807, 2.05) is 36.4 Å². The Morgan fingerprint density at radius 2 is 1.68 bits per heavy atom. The molecule has 0 heterocycles. The van der Waals surface area contributed by atoms with Gasteiger partial charge in [-0.3, -0.25) is 13.9 Å². The summed E-state index contributed by atoms with van der Waals surface area (Å²) in [7, 11) is -0.823. The number of hydrogen-bond acceptors (Lipinski definition) is 5. The van der Waals surface area contributed by atoms with Crippen LogP contribution in [0.15, 0.2) is 72.8 Å². The molecule has 0 unspecified atom stereocenters. The van der Waals surface area contributed by atoms with Crippen molar-refractivity contribution in [3.05, 3.63) is 94.5 Å². The number of carbonyl (C=O) groups is 2. The number of sulfonamides is 1. The van der Waals surface area contributed by atoms with Crippen LogP contribution in [0, 0.1) is 6.92 Å².